The lowest BCUT2D eigenvalue weighted by Crippen LogP contribution is -2.34. The van der Waals surface area contributed by atoms with Gasteiger partial charge in [-0.2, -0.15) is 0 Å². The summed E-state index contributed by atoms with van der Waals surface area (Å²) in [5.74, 6) is 0.294. The Morgan fingerprint density at radius 1 is 1.21 bits per heavy atom. The third kappa shape index (κ3) is 3.50. The molecule has 24 heavy (non-hydrogen) atoms. The largest absolute Gasteiger partial charge is 0.495 e. The number of fused-ring (bicyclic) bond motifs is 1. The van der Waals surface area contributed by atoms with E-state index in [0.717, 1.165) is 5.39 Å². The fraction of sp³-hybridized carbons (Fsp3) is 0.0588. The van der Waals surface area contributed by atoms with Crippen LogP contribution >= 0.6 is 23.8 Å². The zero-order chi connectivity index (χ0) is 17.1. The van der Waals surface area contributed by atoms with Gasteiger partial charge in [0.2, 0.25) is 0 Å². The first-order valence-corrected chi connectivity index (χ1v) is 7.80. The highest BCUT2D eigenvalue weighted by atomic mass is 35.5. The summed E-state index contributed by atoms with van der Waals surface area (Å²) in [5, 5.41) is 6.93. The average Bonchev–Trinajstić information content (AvgIpc) is 2.99. The number of hydrogen-bond donors (Lipinski definition) is 2. The molecule has 7 heteroatoms. The molecule has 122 valence electrons. The molecule has 0 bridgehead atoms. The van der Waals surface area contributed by atoms with Gasteiger partial charge in [-0.15, -0.1) is 0 Å². The predicted molar refractivity (Wildman–Crippen MR) is 97.9 cm³/mol. The van der Waals surface area contributed by atoms with E-state index in [4.69, 9.17) is 33.0 Å². The number of methoxy groups -OCH3 is 1. The molecule has 0 saturated heterocycles. The number of ether oxygens (including phenoxy) is 1. The Labute approximate surface area is 148 Å². The number of carbonyl (C=O) groups is 1. The van der Waals surface area contributed by atoms with Gasteiger partial charge in [-0.3, -0.25) is 10.1 Å². The number of nitrogens with one attached hydrogen (secondary N) is 2. The van der Waals surface area contributed by atoms with Crippen LogP contribution < -0.4 is 15.4 Å². The molecule has 2 aromatic carbocycles. The van der Waals surface area contributed by atoms with Crippen molar-refractivity contribution in [2.45, 2.75) is 0 Å². The fourth-order valence-electron chi connectivity index (χ4n) is 2.19. The van der Waals surface area contributed by atoms with Gasteiger partial charge in [-0.25, -0.2) is 0 Å². The predicted octanol–water partition coefficient (Wildman–Crippen LogP) is 4.22. The van der Waals surface area contributed by atoms with E-state index < -0.39 is 5.91 Å². The standard InChI is InChI=1S/C17H13ClN2O3S/c1-22-14-7-6-11(18)9-12(14)19-17(24)20-16(21)15-8-10-4-2-3-5-13(10)23-15/h2-9H,1H3,(H2,19,20,21,24). The van der Waals surface area contributed by atoms with Gasteiger partial charge in [0.25, 0.3) is 5.91 Å². The summed E-state index contributed by atoms with van der Waals surface area (Å²) in [6.45, 7) is 0. The van der Waals surface area contributed by atoms with Crippen molar-refractivity contribution in [3.05, 3.63) is 59.3 Å². The first kappa shape index (κ1) is 16.3. The zero-order valence-corrected chi connectivity index (χ0v) is 14.2. The highest BCUT2D eigenvalue weighted by molar-refractivity contribution is 7.80. The third-order valence-electron chi connectivity index (χ3n) is 3.29. The second kappa shape index (κ2) is 6.90. The quantitative estimate of drug-likeness (QED) is 0.685. The van der Waals surface area contributed by atoms with Crippen molar-refractivity contribution in [3.8, 4) is 5.75 Å². The van der Waals surface area contributed by atoms with Crippen molar-refractivity contribution in [2.24, 2.45) is 0 Å². The lowest BCUT2D eigenvalue weighted by Gasteiger charge is -2.12. The molecule has 0 atom stereocenters. The second-order valence-corrected chi connectivity index (χ2v) is 5.75. The topological polar surface area (TPSA) is 63.5 Å². The number of amides is 1. The molecule has 0 saturated carbocycles. The van der Waals surface area contributed by atoms with Crippen LogP contribution in [-0.4, -0.2) is 18.1 Å². The minimum absolute atomic E-state index is 0.112. The van der Waals surface area contributed by atoms with Gasteiger partial charge < -0.3 is 14.5 Å². The molecule has 0 radical (unpaired) electrons. The number of benzene rings is 2. The maximum Gasteiger partial charge on any atom is 0.293 e. The normalized spacial score (nSPS) is 10.4. The minimum atomic E-state index is -0.440. The molecule has 0 aliphatic rings. The Balaban J connectivity index is 1.72. The molecular formula is C17H13ClN2O3S. The maximum absolute atomic E-state index is 12.2. The number of furan rings is 1. The van der Waals surface area contributed by atoms with Crippen molar-refractivity contribution in [3.63, 3.8) is 0 Å². The highest BCUT2D eigenvalue weighted by Crippen LogP contribution is 2.27. The van der Waals surface area contributed by atoms with Gasteiger partial charge >= 0.3 is 0 Å². The van der Waals surface area contributed by atoms with Crippen LogP contribution in [0.2, 0.25) is 5.02 Å². The molecule has 0 aliphatic carbocycles. The van der Waals surface area contributed by atoms with Crippen molar-refractivity contribution in [1.82, 2.24) is 5.32 Å². The molecule has 5 nitrogen and oxygen atoms in total. The molecule has 1 aromatic heterocycles. The van der Waals surface area contributed by atoms with Crippen molar-refractivity contribution in [1.29, 1.82) is 0 Å². The van der Waals surface area contributed by atoms with E-state index in [9.17, 15) is 4.79 Å². The van der Waals surface area contributed by atoms with Gasteiger partial charge in [0.05, 0.1) is 12.8 Å². The van der Waals surface area contributed by atoms with Crippen LogP contribution in [0.15, 0.2) is 52.9 Å². The highest BCUT2D eigenvalue weighted by Gasteiger charge is 2.14. The Morgan fingerprint density at radius 2 is 2.00 bits per heavy atom. The van der Waals surface area contributed by atoms with E-state index >= 15 is 0 Å². The molecule has 1 heterocycles. The Kier molecular flexibility index (Phi) is 4.69. The lowest BCUT2D eigenvalue weighted by atomic mass is 10.2. The number of halogens is 1. The Morgan fingerprint density at radius 3 is 2.75 bits per heavy atom. The van der Waals surface area contributed by atoms with Crippen LogP contribution in [-0.2, 0) is 0 Å². The van der Waals surface area contributed by atoms with Crippen LogP contribution in [0.25, 0.3) is 11.0 Å². The molecule has 0 aliphatic heterocycles. The number of rotatable bonds is 3. The number of carbonyl (C=O) groups excluding carboxylic acids is 1. The summed E-state index contributed by atoms with van der Waals surface area (Å²) in [5.41, 5.74) is 1.19. The third-order valence-corrected chi connectivity index (χ3v) is 3.73. The van der Waals surface area contributed by atoms with Crippen molar-refractivity contribution in [2.75, 3.05) is 12.4 Å². The summed E-state index contributed by atoms with van der Waals surface area (Å²) in [6.07, 6.45) is 0. The van der Waals surface area contributed by atoms with E-state index in [0.29, 0.717) is 22.0 Å². The van der Waals surface area contributed by atoms with Crippen molar-refractivity contribution >= 4 is 51.5 Å². The van der Waals surface area contributed by atoms with Crippen LogP contribution in [0.5, 0.6) is 5.75 Å². The van der Waals surface area contributed by atoms with Crippen LogP contribution in [0.4, 0.5) is 5.69 Å². The van der Waals surface area contributed by atoms with Gasteiger partial charge in [0.1, 0.15) is 11.3 Å². The summed E-state index contributed by atoms with van der Waals surface area (Å²) >= 11 is 11.1. The first-order chi connectivity index (χ1) is 11.6. The maximum atomic E-state index is 12.2. The molecule has 3 aromatic rings. The summed E-state index contributed by atoms with van der Waals surface area (Å²) in [4.78, 5) is 12.2. The van der Waals surface area contributed by atoms with Crippen LogP contribution in [0.3, 0.4) is 0 Å². The molecule has 2 N–H and O–H groups in total. The van der Waals surface area contributed by atoms with E-state index in [1.54, 1.807) is 30.3 Å². The van der Waals surface area contributed by atoms with E-state index in [1.807, 2.05) is 18.2 Å². The van der Waals surface area contributed by atoms with E-state index in [-0.39, 0.29) is 10.9 Å². The van der Waals surface area contributed by atoms with Crippen molar-refractivity contribution < 1.29 is 13.9 Å². The second-order valence-electron chi connectivity index (χ2n) is 4.90. The first-order valence-electron chi connectivity index (χ1n) is 7.01. The number of para-hydroxylation sites is 1. The Bertz CT molecular complexity index is 890. The van der Waals surface area contributed by atoms with Gasteiger partial charge in [-0.1, -0.05) is 29.8 Å². The summed E-state index contributed by atoms with van der Waals surface area (Å²) in [6, 6.07) is 14.1. The van der Waals surface area contributed by atoms with Gasteiger partial charge in [0, 0.05) is 10.4 Å². The summed E-state index contributed by atoms with van der Waals surface area (Å²) in [7, 11) is 1.53. The Hall–Kier alpha value is -2.57. The van der Waals surface area contributed by atoms with E-state index in [1.165, 1.54) is 7.11 Å². The van der Waals surface area contributed by atoms with Crippen LogP contribution in [0.1, 0.15) is 10.6 Å². The minimum Gasteiger partial charge on any atom is -0.495 e. The lowest BCUT2D eigenvalue weighted by molar-refractivity contribution is 0.0953. The fourth-order valence-corrected chi connectivity index (χ4v) is 2.56. The summed E-state index contributed by atoms with van der Waals surface area (Å²) < 4.78 is 10.7. The van der Waals surface area contributed by atoms with Gasteiger partial charge in [0.15, 0.2) is 10.9 Å². The monoisotopic (exact) mass is 360 g/mol. The molecule has 0 spiro atoms. The number of anilines is 1. The zero-order valence-electron chi connectivity index (χ0n) is 12.6. The molecule has 3 rings (SSSR count). The molecule has 0 fully saturated rings. The smallest absolute Gasteiger partial charge is 0.293 e. The average molecular weight is 361 g/mol. The number of thiocarbonyl (C=S) groups is 1. The van der Waals surface area contributed by atoms with Gasteiger partial charge in [-0.05, 0) is 42.5 Å². The van der Waals surface area contributed by atoms with Crippen LogP contribution in [0, 0.1) is 0 Å². The SMILES string of the molecule is COc1ccc(Cl)cc1NC(=S)NC(=O)c1cc2ccccc2o1. The molecule has 0 unspecified atom stereocenters. The molecular weight excluding hydrogens is 348 g/mol. The number of hydrogen-bond acceptors (Lipinski definition) is 4. The molecule has 1 amide bonds. The van der Waals surface area contributed by atoms with E-state index in [2.05, 4.69) is 10.6 Å².